The van der Waals surface area contributed by atoms with Crippen molar-refractivity contribution in [1.29, 1.82) is 0 Å². The van der Waals surface area contributed by atoms with E-state index in [4.69, 9.17) is 9.15 Å². The number of benzene rings is 2. The van der Waals surface area contributed by atoms with Gasteiger partial charge in [0.2, 0.25) is 5.76 Å². The van der Waals surface area contributed by atoms with Crippen molar-refractivity contribution in [3.8, 4) is 5.75 Å². The summed E-state index contributed by atoms with van der Waals surface area (Å²) in [6, 6.07) is 14.8. The summed E-state index contributed by atoms with van der Waals surface area (Å²) in [5.74, 6) is -2.06. The molecule has 0 saturated heterocycles. The third kappa shape index (κ3) is 5.65. The summed E-state index contributed by atoms with van der Waals surface area (Å²) < 4.78 is 11.0. The van der Waals surface area contributed by atoms with Crippen molar-refractivity contribution in [1.82, 2.24) is 5.43 Å². The third-order valence-electron chi connectivity index (χ3n) is 3.81. The first-order valence-corrected chi connectivity index (χ1v) is 9.48. The van der Waals surface area contributed by atoms with Gasteiger partial charge in [0.1, 0.15) is 5.75 Å². The van der Waals surface area contributed by atoms with E-state index >= 15 is 0 Å². The molecule has 0 aliphatic rings. The van der Waals surface area contributed by atoms with Gasteiger partial charge in [-0.1, -0.05) is 28.1 Å². The van der Waals surface area contributed by atoms with Crippen LogP contribution >= 0.6 is 15.9 Å². The van der Waals surface area contributed by atoms with E-state index in [0.29, 0.717) is 11.3 Å². The number of ether oxygens (including phenoxy) is 1. The Kier molecular flexibility index (Phi) is 6.76. The predicted molar refractivity (Wildman–Crippen MR) is 113 cm³/mol. The molecule has 0 saturated carbocycles. The fraction of sp³-hybridized carbons (Fsp3) is 0.0476. The number of hydrogen-bond acceptors (Lipinski definition) is 6. The van der Waals surface area contributed by atoms with Crippen LogP contribution < -0.4 is 15.5 Å². The van der Waals surface area contributed by atoms with E-state index in [1.54, 1.807) is 42.5 Å². The van der Waals surface area contributed by atoms with Crippen molar-refractivity contribution in [2.24, 2.45) is 5.10 Å². The molecule has 30 heavy (non-hydrogen) atoms. The summed E-state index contributed by atoms with van der Waals surface area (Å²) in [7, 11) is 0. The number of carbonyl (C=O) groups is 3. The average Bonchev–Trinajstić information content (AvgIpc) is 3.25. The second kappa shape index (κ2) is 9.66. The quantitative estimate of drug-likeness (QED) is 0.195. The van der Waals surface area contributed by atoms with Crippen molar-refractivity contribution in [2.75, 3.05) is 5.32 Å². The zero-order chi connectivity index (χ0) is 21.5. The van der Waals surface area contributed by atoms with Crippen molar-refractivity contribution in [2.45, 2.75) is 6.92 Å². The fourth-order valence-electron chi connectivity index (χ4n) is 2.37. The molecular formula is C21H16BrN3O5. The first-order chi connectivity index (χ1) is 14.4. The predicted octanol–water partition coefficient (Wildman–Crippen LogP) is 3.66. The molecule has 1 aromatic heterocycles. The van der Waals surface area contributed by atoms with E-state index in [0.717, 1.165) is 10.0 Å². The molecule has 2 N–H and O–H groups in total. The topological polar surface area (TPSA) is 110 Å². The minimum absolute atomic E-state index is 0.0772. The number of hydrazone groups is 1. The molecule has 8 nitrogen and oxygen atoms in total. The summed E-state index contributed by atoms with van der Waals surface area (Å²) in [5.41, 5.74) is 4.02. The number of aryl methyl sites for hydroxylation is 1. The summed E-state index contributed by atoms with van der Waals surface area (Å²) in [6.45, 7) is 1.81. The Labute approximate surface area is 180 Å². The molecule has 3 aromatic rings. The van der Waals surface area contributed by atoms with E-state index in [9.17, 15) is 14.4 Å². The lowest BCUT2D eigenvalue weighted by Gasteiger charge is -2.07. The van der Waals surface area contributed by atoms with E-state index < -0.39 is 17.8 Å². The number of furan rings is 1. The molecule has 1 heterocycles. The summed E-state index contributed by atoms with van der Waals surface area (Å²) in [6.07, 6.45) is 2.69. The number of esters is 1. The molecule has 0 aliphatic carbocycles. The van der Waals surface area contributed by atoms with E-state index in [1.807, 2.05) is 13.0 Å². The minimum Gasteiger partial charge on any atom is -0.457 e. The molecule has 2 aromatic carbocycles. The average molecular weight is 470 g/mol. The zero-order valence-corrected chi connectivity index (χ0v) is 17.3. The maximum atomic E-state index is 12.0. The normalized spacial score (nSPS) is 10.6. The Morgan fingerprint density at radius 3 is 2.63 bits per heavy atom. The van der Waals surface area contributed by atoms with E-state index in [-0.39, 0.29) is 11.5 Å². The molecule has 3 rings (SSSR count). The Morgan fingerprint density at radius 2 is 1.90 bits per heavy atom. The zero-order valence-electron chi connectivity index (χ0n) is 15.7. The van der Waals surface area contributed by atoms with Crippen LogP contribution in [0.15, 0.2) is 74.9 Å². The van der Waals surface area contributed by atoms with Gasteiger partial charge in [0, 0.05) is 10.2 Å². The van der Waals surface area contributed by atoms with Gasteiger partial charge in [-0.2, -0.15) is 5.10 Å². The number of hydrogen-bond donors (Lipinski definition) is 2. The molecule has 0 aliphatic heterocycles. The fourth-order valence-corrected chi connectivity index (χ4v) is 2.85. The van der Waals surface area contributed by atoms with Crippen LogP contribution in [-0.2, 0) is 9.59 Å². The monoisotopic (exact) mass is 469 g/mol. The van der Waals surface area contributed by atoms with Crippen LogP contribution in [0.5, 0.6) is 5.75 Å². The molecule has 0 atom stereocenters. The highest BCUT2D eigenvalue weighted by molar-refractivity contribution is 9.10. The lowest BCUT2D eigenvalue weighted by Crippen LogP contribution is -2.32. The number of anilines is 1. The molecule has 152 valence electrons. The summed E-state index contributed by atoms with van der Waals surface area (Å²) in [5, 5.41) is 6.28. The largest absolute Gasteiger partial charge is 0.457 e. The first-order valence-electron chi connectivity index (χ1n) is 8.68. The van der Waals surface area contributed by atoms with Gasteiger partial charge in [-0.05, 0) is 60.5 Å². The van der Waals surface area contributed by atoms with Crippen molar-refractivity contribution >= 4 is 45.6 Å². The number of halogens is 1. The second-order valence-electron chi connectivity index (χ2n) is 6.05. The Balaban J connectivity index is 1.56. The summed E-state index contributed by atoms with van der Waals surface area (Å²) >= 11 is 3.33. The molecule has 0 fully saturated rings. The number of nitrogens with one attached hydrogen (secondary N) is 2. The molecule has 0 radical (unpaired) electrons. The van der Waals surface area contributed by atoms with Crippen molar-refractivity contribution < 1.29 is 23.5 Å². The molecular weight excluding hydrogens is 454 g/mol. The molecule has 0 bridgehead atoms. The van der Waals surface area contributed by atoms with Gasteiger partial charge in [-0.3, -0.25) is 9.59 Å². The van der Waals surface area contributed by atoms with Crippen LogP contribution in [0.25, 0.3) is 0 Å². The summed E-state index contributed by atoms with van der Waals surface area (Å²) in [4.78, 5) is 35.8. The van der Waals surface area contributed by atoms with Crippen molar-refractivity contribution in [3.05, 3.63) is 82.2 Å². The van der Waals surface area contributed by atoms with Crippen LogP contribution in [0.4, 0.5) is 5.69 Å². The lowest BCUT2D eigenvalue weighted by molar-refractivity contribution is -0.136. The number of carbonyl (C=O) groups excluding carboxylic acids is 3. The molecule has 0 unspecified atom stereocenters. The van der Waals surface area contributed by atoms with E-state index in [2.05, 4.69) is 31.8 Å². The third-order valence-corrected chi connectivity index (χ3v) is 4.31. The molecule has 0 spiro atoms. The molecule has 2 amide bonds. The minimum atomic E-state index is -0.922. The SMILES string of the molecule is Cc1cc(Br)ccc1NC(=O)C(=O)N/N=C/c1cccc(OC(=O)c2ccco2)c1. The van der Waals surface area contributed by atoms with Crippen LogP contribution in [0.3, 0.4) is 0 Å². The maximum Gasteiger partial charge on any atom is 0.379 e. The van der Waals surface area contributed by atoms with Crippen LogP contribution in [0.2, 0.25) is 0 Å². The smallest absolute Gasteiger partial charge is 0.379 e. The van der Waals surface area contributed by atoms with Gasteiger partial charge in [0.25, 0.3) is 0 Å². The maximum absolute atomic E-state index is 12.0. The van der Waals surface area contributed by atoms with Gasteiger partial charge in [-0.15, -0.1) is 0 Å². The van der Waals surface area contributed by atoms with Gasteiger partial charge < -0.3 is 14.5 Å². The van der Waals surface area contributed by atoms with Gasteiger partial charge >= 0.3 is 17.8 Å². The Morgan fingerprint density at radius 1 is 1.07 bits per heavy atom. The highest BCUT2D eigenvalue weighted by atomic mass is 79.9. The lowest BCUT2D eigenvalue weighted by atomic mass is 10.2. The van der Waals surface area contributed by atoms with Crippen LogP contribution in [0.1, 0.15) is 21.7 Å². The highest BCUT2D eigenvalue weighted by Crippen LogP contribution is 2.20. The van der Waals surface area contributed by atoms with Gasteiger partial charge in [-0.25, -0.2) is 10.2 Å². The van der Waals surface area contributed by atoms with Gasteiger partial charge in [0.15, 0.2) is 0 Å². The highest BCUT2D eigenvalue weighted by Gasteiger charge is 2.14. The number of rotatable bonds is 5. The standard InChI is InChI=1S/C21H16BrN3O5/c1-13-10-15(22)7-8-17(13)24-19(26)20(27)25-23-12-14-4-2-5-16(11-14)30-21(28)18-6-3-9-29-18/h2-12H,1H3,(H,24,26)(H,25,27)/b23-12+. The van der Waals surface area contributed by atoms with Gasteiger partial charge in [0.05, 0.1) is 12.5 Å². The number of amides is 2. The van der Waals surface area contributed by atoms with Crippen LogP contribution in [-0.4, -0.2) is 24.0 Å². The first kappa shape index (κ1) is 21.0. The molecule has 9 heteroatoms. The van der Waals surface area contributed by atoms with E-state index in [1.165, 1.54) is 18.5 Å². The second-order valence-corrected chi connectivity index (χ2v) is 6.97. The van der Waals surface area contributed by atoms with Crippen LogP contribution in [0, 0.1) is 6.92 Å². The number of nitrogens with zero attached hydrogens (tertiary/aromatic N) is 1. The Bertz CT molecular complexity index is 1110. The van der Waals surface area contributed by atoms with Crippen molar-refractivity contribution in [3.63, 3.8) is 0 Å². The Hall–Kier alpha value is -3.72.